The van der Waals surface area contributed by atoms with E-state index < -0.39 is 0 Å². The number of fused-ring (bicyclic) bond motifs is 10. The third-order valence-electron chi connectivity index (χ3n) is 15.2. The average Bonchev–Trinajstić information content (AvgIpc) is 3.66. The van der Waals surface area contributed by atoms with Crippen LogP contribution in [0.2, 0.25) is 0 Å². The van der Waals surface area contributed by atoms with Gasteiger partial charge in [0.2, 0.25) is 0 Å². The zero-order valence-electron chi connectivity index (χ0n) is 31.4. The highest BCUT2D eigenvalue weighted by molar-refractivity contribution is 5.42. The van der Waals surface area contributed by atoms with Gasteiger partial charge in [-0.25, -0.2) is 0 Å². The van der Waals surface area contributed by atoms with Crippen molar-refractivity contribution in [3.8, 4) is 11.5 Å². The molecule has 0 radical (unpaired) electrons. The Morgan fingerprint density at radius 3 is 1.96 bits per heavy atom. The Kier molecular flexibility index (Phi) is 9.59. The van der Waals surface area contributed by atoms with Crippen LogP contribution in [0.5, 0.6) is 11.5 Å². The van der Waals surface area contributed by atoms with Gasteiger partial charge in [-0.15, -0.1) is 0 Å². The van der Waals surface area contributed by atoms with Gasteiger partial charge in [0, 0.05) is 23.9 Å². The van der Waals surface area contributed by atoms with Crippen molar-refractivity contribution in [3.63, 3.8) is 0 Å². The first-order valence-corrected chi connectivity index (χ1v) is 20.8. The van der Waals surface area contributed by atoms with Crippen molar-refractivity contribution in [2.24, 2.45) is 34.5 Å². The van der Waals surface area contributed by atoms with Crippen molar-refractivity contribution in [3.05, 3.63) is 83.0 Å². The molecule has 10 rings (SSSR count). The van der Waals surface area contributed by atoms with Gasteiger partial charge in [0.05, 0.1) is 18.8 Å². The van der Waals surface area contributed by atoms with E-state index in [2.05, 4.69) is 56.3 Å². The monoisotopic (exact) mass is 708 g/mol. The number of hydrogen-bond donors (Lipinski definition) is 2. The summed E-state index contributed by atoms with van der Waals surface area (Å²) in [5.41, 5.74) is 6.09. The molecule has 0 spiro atoms. The molecule has 2 saturated carbocycles. The lowest BCUT2D eigenvalue weighted by atomic mass is 9.55. The Hall–Kier alpha value is -2.64. The highest BCUT2D eigenvalue weighted by Crippen LogP contribution is 2.60. The van der Waals surface area contributed by atoms with Gasteiger partial charge in [-0.1, -0.05) is 50.3 Å². The molecule has 2 heterocycles. The van der Waals surface area contributed by atoms with Gasteiger partial charge in [-0.2, -0.15) is 0 Å². The SMILES string of the molecule is C[C@]12CCC3c4ccc(O)cc4CCC3C1C=C[C@@H]2O.C[C@]12CCC3c4ccc(OC5CCCCO5)cc4CCC3C1C=C[C@@H]2OC1CCCCO1. The highest BCUT2D eigenvalue weighted by Gasteiger charge is 2.54. The summed E-state index contributed by atoms with van der Waals surface area (Å²) in [5.74, 6) is 5.12. The van der Waals surface area contributed by atoms with Crippen molar-refractivity contribution in [1.29, 1.82) is 0 Å². The van der Waals surface area contributed by atoms with E-state index in [1.54, 1.807) is 5.56 Å². The zero-order valence-corrected chi connectivity index (χ0v) is 31.4. The summed E-state index contributed by atoms with van der Waals surface area (Å²) in [6, 6.07) is 12.7. The van der Waals surface area contributed by atoms with E-state index in [4.69, 9.17) is 18.9 Å². The number of benzene rings is 2. The smallest absolute Gasteiger partial charge is 0.199 e. The van der Waals surface area contributed by atoms with Crippen LogP contribution in [0.1, 0.15) is 125 Å². The van der Waals surface area contributed by atoms with Crippen LogP contribution in [-0.2, 0) is 27.1 Å². The van der Waals surface area contributed by atoms with E-state index in [0.717, 1.165) is 63.9 Å². The lowest BCUT2D eigenvalue weighted by molar-refractivity contribution is -0.205. The Bertz CT molecular complexity index is 1650. The number of hydrogen-bond acceptors (Lipinski definition) is 6. The molecule has 2 aliphatic heterocycles. The Labute approximate surface area is 311 Å². The minimum absolute atomic E-state index is 0.00894. The number of phenols is 1. The molecule has 8 unspecified atom stereocenters. The normalized spacial score (nSPS) is 41.3. The molecule has 12 atom stereocenters. The van der Waals surface area contributed by atoms with E-state index >= 15 is 0 Å². The molecule has 280 valence electrons. The summed E-state index contributed by atoms with van der Waals surface area (Å²) < 4.78 is 24.4. The number of ether oxygens (including phenoxy) is 4. The van der Waals surface area contributed by atoms with Crippen molar-refractivity contribution in [1.82, 2.24) is 0 Å². The second kappa shape index (κ2) is 14.2. The summed E-state index contributed by atoms with van der Waals surface area (Å²) in [6.45, 7) is 6.40. The molecule has 6 heteroatoms. The van der Waals surface area contributed by atoms with Gasteiger partial charge in [0.15, 0.2) is 12.6 Å². The van der Waals surface area contributed by atoms with Crippen LogP contribution in [0.15, 0.2) is 60.7 Å². The minimum atomic E-state index is -0.269. The molecule has 8 aliphatic rings. The van der Waals surface area contributed by atoms with E-state index in [1.807, 2.05) is 18.2 Å². The summed E-state index contributed by atoms with van der Waals surface area (Å²) in [7, 11) is 0. The van der Waals surface area contributed by atoms with Crippen molar-refractivity contribution in [2.75, 3.05) is 13.2 Å². The van der Waals surface area contributed by atoms with Gasteiger partial charge in [-0.05, 0) is 165 Å². The molecule has 4 fully saturated rings. The molecule has 0 aromatic heterocycles. The van der Waals surface area contributed by atoms with E-state index in [9.17, 15) is 10.2 Å². The van der Waals surface area contributed by atoms with Gasteiger partial charge in [-0.3, -0.25) is 0 Å². The minimum Gasteiger partial charge on any atom is -0.508 e. The molecule has 2 saturated heterocycles. The molecular formula is C46H60O6. The molecule has 2 N–H and O–H groups in total. The molecule has 6 nitrogen and oxygen atoms in total. The van der Waals surface area contributed by atoms with E-state index in [-0.39, 0.29) is 35.6 Å². The van der Waals surface area contributed by atoms with Crippen molar-refractivity contribution >= 4 is 0 Å². The third-order valence-corrected chi connectivity index (χ3v) is 15.2. The van der Waals surface area contributed by atoms with Crippen LogP contribution in [0.3, 0.4) is 0 Å². The number of phenolic OH excluding ortho intramolecular Hbond substituents is 1. The van der Waals surface area contributed by atoms with Gasteiger partial charge in [0.25, 0.3) is 0 Å². The largest absolute Gasteiger partial charge is 0.508 e. The topological polar surface area (TPSA) is 77.4 Å². The molecule has 0 amide bonds. The van der Waals surface area contributed by atoms with Crippen LogP contribution in [-0.4, -0.2) is 48.2 Å². The second-order valence-electron chi connectivity index (χ2n) is 18.0. The van der Waals surface area contributed by atoms with E-state index in [0.29, 0.717) is 41.3 Å². The maximum Gasteiger partial charge on any atom is 0.199 e. The summed E-state index contributed by atoms with van der Waals surface area (Å²) in [6.07, 6.45) is 25.2. The summed E-state index contributed by atoms with van der Waals surface area (Å²) >= 11 is 0. The first-order chi connectivity index (χ1) is 25.3. The molecular weight excluding hydrogens is 649 g/mol. The highest BCUT2D eigenvalue weighted by atomic mass is 16.7. The van der Waals surface area contributed by atoms with Crippen molar-refractivity contribution < 1.29 is 29.2 Å². The van der Waals surface area contributed by atoms with Crippen LogP contribution >= 0.6 is 0 Å². The number of aryl methyl sites for hydroxylation is 2. The van der Waals surface area contributed by atoms with Crippen LogP contribution in [0.4, 0.5) is 0 Å². The molecule has 2 aromatic rings. The number of allylic oxidation sites excluding steroid dienone is 2. The van der Waals surface area contributed by atoms with Crippen LogP contribution in [0, 0.1) is 34.5 Å². The van der Waals surface area contributed by atoms with Crippen LogP contribution < -0.4 is 4.74 Å². The fourth-order valence-corrected chi connectivity index (χ4v) is 12.2. The first kappa shape index (κ1) is 35.1. The molecule has 0 bridgehead atoms. The Morgan fingerprint density at radius 1 is 0.654 bits per heavy atom. The number of aliphatic hydroxyl groups excluding tert-OH is 1. The standard InChI is InChI=1S/C28H38O4.C18H22O2/c1-28-15-14-22-21-11-9-20(31-26-6-2-4-16-29-26)18-19(21)8-10-23(22)24(28)12-13-25(28)32-27-7-3-5-17-30-27;1-18-9-8-14-13-5-3-12(19)10-11(13)2-4-15(14)16(18)6-7-17(18)20/h9,11-13,18,22-27H,2-8,10,14-17H2,1H3;3,5-7,10,14-17,19-20H,2,4,8-9H2,1H3/t22?,23?,24?,25-,26?,27?,28-;14?,15?,16?,17-,18-/m00/s1. The fourth-order valence-electron chi connectivity index (χ4n) is 12.2. The van der Waals surface area contributed by atoms with Gasteiger partial charge < -0.3 is 29.2 Å². The summed E-state index contributed by atoms with van der Waals surface area (Å²) in [5, 5.41) is 20.0. The first-order valence-electron chi connectivity index (χ1n) is 20.8. The molecule has 52 heavy (non-hydrogen) atoms. The maximum absolute atomic E-state index is 10.3. The molecule has 2 aromatic carbocycles. The third kappa shape index (κ3) is 6.28. The number of aromatic hydroxyl groups is 1. The van der Waals surface area contributed by atoms with E-state index in [1.165, 1.54) is 61.6 Å². The second-order valence-corrected chi connectivity index (χ2v) is 18.0. The molecule has 6 aliphatic carbocycles. The maximum atomic E-state index is 10.3. The quantitative estimate of drug-likeness (QED) is 0.308. The fraction of sp³-hybridized carbons (Fsp3) is 0.652. The number of aliphatic hydroxyl groups is 1. The lowest BCUT2D eigenvalue weighted by Gasteiger charge is -2.51. The average molecular weight is 709 g/mol. The predicted octanol–water partition coefficient (Wildman–Crippen LogP) is 9.52. The summed E-state index contributed by atoms with van der Waals surface area (Å²) in [4.78, 5) is 0. The lowest BCUT2D eigenvalue weighted by Crippen LogP contribution is -2.46. The van der Waals surface area contributed by atoms with Crippen molar-refractivity contribution in [2.45, 2.75) is 140 Å². The number of rotatable bonds is 4. The zero-order chi connectivity index (χ0) is 35.5. The predicted molar refractivity (Wildman–Crippen MR) is 202 cm³/mol. The Balaban J connectivity index is 0.000000154. The Morgan fingerprint density at radius 2 is 1.27 bits per heavy atom. The van der Waals surface area contributed by atoms with Gasteiger partial charge >= 0.3 is 0 Å². The van der Waals surface area contributed by atoms with Crippen LogP contribution in [0.25, 0.3) is 0 Å². The van der Waals surface area contributed by atoms with Gasteiger partial charge in [0.1, 0.15) is 11.5 Å².